The van der Waals surface area contributed by atoms with Gasteiger partial charge in [0.2, 0.25) is 5.91 Å². The topological polar surface area (TPSA) is 62.5 Å². The second-order valence-electron chi connectivity index (χ2n) is 4.58. The maximum atomic E-state index is 12.0. The van der Waals surface area contributed by atoms with Crippen molar-refractivity contribution in [2.45, 2.75) is 19.9 Å². The first-order valence-electron chi connectivity index (χ1n) is 6.73. The van der Waals surface area contributed by atoms with Crippen LogP contribution in [0.3, 0.4) is 0 Å². The Morgan fingerprint density at radius 2 is 2.21 bits per heavy atom. The third kappa shape index (κ3) is 5.81. The van der Waals surface area contributed by atoms with E-state index in [0.29, 0.717) is 19.6 Å². The quantitative estimate of drug-likeness (QED) is 0.751. The number of likely N-dealkylation sites (N-methyl/N-ethyl adjacent to an activating group) is 2. The average Bonchev–Trinajstić information content (AvgIpc) is 2.44. The molecule has 106 valence electrons. The van der Waals surface area contributed by atoms with Crippen molar-refractivity contribution in [2.24, 2.45) is 5.73 Å². The molecular weight excluding hydrogens is 240 g/mol. The molecule has 1 aromatic heterocycles. The molecule has 0 aliphatic heterocycles. The fourth-order valence-corrected chi connectivity index (χ4v) is 1.77. The second-order valence-corrected chi connectivity index (χ2v) is 4.58. The van der Waals surface area contributed by atoms with Crippen LogP contribution in [0.2, 0.25) is 0 Å². The minimum Gasteiger partial charge on any atom is -0.345 e. The summed E-state index contributed by atoms with van der Waals surface area (Å²) in [6.45, 7) is 5.34. The van der Waals surface area contributed by atoms with Gasteiger partial charge in [0.1, 0.15) is 0 Å². The first-order valence-corrected chi connectivity index (χ1v) is 6.73. The normalized spacial score (nSPS) is 10.7. The fraction of sp³-hybridized carbons (Fsp3) is 0.571. The molecule has 0 aliphatic carbocycles. The second kappa shape index (κ2) is 8.61. The summed E-state index contributed by atoms with van der Waals surface area (Å²) in [5.41, 5.74) is 6.44. The van der Waals surface area contributed by atoms with E-state index in [9.17, 15) is 4.79 Å². The number of nitrogens with zero attached hydrogens (tertiary/aromatic N) is 3. The summed E-state index contributed by atoms with van der Waals surface area (Å²) in [5.74, 6) is 0.131. The molecule has 0 bridgehead atoms. The van der Waals surface area contributed by atoms with Gasteiger partial charge < -0.3 is 10.6 Å². The molecule has 1 rings (SSSR count). The van der Waals surface area contributed by atoms with Gasteiger partial charge in [0, 0.05) is 26.3 Å². The first kappa shape index (κ1) is 15.6. The van der Waals surface area contributed by atoms with Crippen LogP contribution in [0.1, 0.15) is 19.0 Å². The highest BCUT2D eigenvalue weighted by Gasteiger charge is 2.13. The molecule has 1 aromatic rings. The Morgan fingerprint density at radius 3 is 2.79 bits per heavy atom. The van der Waals surface area contributed by atoms with Crippen LogP contribution in [0.5, 0.6) is 0 Å². The van der Waals surface area contributed by atoms with Crippen molar-refractivity contribution >= 4 is 5.91 Å². The van der Waals surface area contributed by atoms with E-state index in [0.717, 1.165) is 25.2 Å². The SMILES string of the molecule is CCN(CC(=O)N(C)CCCN)Cc1ccccn1. The number of carbonyl (C=O) groups is 1. The van der Waals surface area contributed by atoms with Gasteiger partial charge in [0.25, 0.3) is 0 Å². The van der Waals surface area contributed by atoms with E-state index in [4.69, 9.17) is 5.73 Å². The summed E-state index contributed by atoms with van der Waals surface area (Å²) < 4.78 is 0. The molecular formula is C14H24N4O. The maximum Gasteiger partial charge on any atom is 0.236 e. The average molecular weight is 264 g/mol. The standard InChI is InChI=1S/C14H24N4O/c1-3-18(11-13-7-4-5-9-16-13)12-14(19)17(2)10-6-8-15/h4-5,7,9H,3,6,8,10-12,15H2,1-2H3. The van der Waals surface area contributed by atoms with Gasteiger partial charge in [-0.25, -0.2) is 0 Å². The smallest absolute Gasteiger partial charge is 0.236 e. The van der Waals surface area contributed by atoms with Gasteiger partial charge >= 0.3 is 0 Å². The van der Waals surface area contributed by atoms with Crippen LogP contribution in [0.4, 0.5) is 0 Å². The summed E-state index contributed by atoms with van der Waals surface area (Å²) in [6, 6.07) is 5.84. The van der Waals surface area contributed by atoms with Crippen LogP contribution < -0.4 is 5.73 Å². The molecule has 0 fully saturated rings. The van der Waals surface area contributed by atoms with E-state index in [1.54, 1.807) is 11.1 Å². The molecule has 0 saturated heterocycles. The third-order valence-electron chi connectivity index (χ3n) is 3.04. The van der Waals surface area contributed by atoms with E-state index in [2.05, 4.69) is 16.8 Å². The van der Waals surface area contributed by atoms with Gasteiger partial charge in [-0.1, -0.05) is 13.0 Å². The van der Waals surface area contributed by atoms with Gasteiger partial charge in [-0.05, 0) is 31.6 Å². The highest BCUT2D eigenvalue weighted by molar-refractivity contribution is 5.77. The zero-order valence-electron chi connectivity index (χ0n) is 11.9. The molecule has 1 amide bonds. The van der Waals surface area contributed by atoms with Crippen molar-refractivity contribution in [1.29, 1.82) is 0 Å². The van der Waals surface area contributed by atoms with Gasteiger partial charge in [0.05, 0.1) is 12.2 Å². The van der Waals surface area contributed by atoms with Crippen molar-refractivity contribution in [1.82, 2.24) is 14.8 Å². The molecule has 0 aliphatic rings. The summed E-state index contributed by atoms with van der Waals surface area (Å²) in [7, 11) is 1.83. The summed E-state index contributed by atoms with van der Waals surface area (Å²) in [5, 5.41) is 0. The van der Waals surface area contributed by atoms with Crippen LogP contribution in [0.15, 0.2) is 24.4 Å². The highest BCUT2D eigenvalue weighted by atomic mass is 16.2. The minimum absolute atomic E-state index is 0.131. The van der Waals surface area contributed by atoms with Gasteiger partial charge in [0.15, 0.2) is 0 Å². The Kier molecular flexibility index (Phi) is 7.07. The largest absolute Gasteiger partial charge is 0.345 e. The van der Waals surface area contributed by atoms with Crippen molar-refractivity contribution < 1.29 is 4.79 Å². The fourth-order valence-electron chi connectivity index (χ4n) is 1.77. The minimum atomic E-state index is 0.131. The number of hydrogen-bond donors (Lipinski definition) is 1. The summed E-state index contributed by atoms with van der Waals surface area (Å²) in [4.78, 5) is 20.1. The van der Waals surface area contributed by atoms with Crippen LogP contribution in [-0.2, 0) is 11.3 Å². The molecule has 5 heteroatoms. The molecule has 1 heterocycles. The third-order valence-corrected chi connectivity index (χ3v) is 3.04. The number of nitrogens with two attached hydrogens (primary N) is 1. The van der Waals surface area contributed by atoms with E-state index in [1.165, 1.54) is 0 Å². The van der Waals surface area contributed by atoms with Crippen molar-refractivity contribution in [3.05, 3.63) is 30.1 Å². The lowest BCUT2D eigenvalue weighted by atomic mass is 10.3. The van der Waals surface area contributed by atoms with Crippen molar-refractivity contribution in [2.75, 3.05) is 33.2 Å². The molecule has 0 atom stereocenters. The first-order chi connectivity index (χ1) is 9.17. The van der Waals surface area contributed by atoms with Crippen LogP contribution in [0.25, 0.3) is 0 Å². The van der Waals surface area contributed by atoms with E-state index in [-0.39, 0.29) is 5.91 Å². The lowest BCUT2D eigenvalue weighted by Gasteiger charge is -2.23. The number of pyridine rings is 1. The molecule has 0 radical (unpaired) electrons. The van der Waals surface area contributed by atoms with E-state index in [1.807, 2.05) is 25.2 Å². The Bertz CT molecular complexity index is 369. The Morgan fingerprint density at radius 1 is 1.42 bits per heavy atom. The molecule has 0 unspecified atom stereocenters. The van der Waals surface area contributed by atoms with Crippen molar-refractivity contribution in [3.63, 3.8) is 0 Å². The number of rotatable bonds is 8. The predicted molar refractivity (Wildman–Crippen MR) is 76.5 cm³/mol. The summed E-state index contributed by atoms with van der Waals surface area (Å²) >= 11 is 0. The van der Waals surface area contributed by atoms with Crippen LogP contribution in [0, 0.1) is 0 Å². The van der Waals surface area contributed by atoms with Gasteiger partial charge in [-0.2, -0.15) is 0 Å². The molecule has 19 heavy (non-hydrogen) atoms. The lowest BCUT2D eigenvalue weighted by Crippen LogP contribution is -2.39. The molecule has 2 N–H and O–H groups in total. The predicted octanol–water partition coefficient (Wildman–Crippen LogP) is 0.711. The lowest BCUT2D eigenvalue weighted by molar-refractivity contribution is -0.131. The molecule has 0 aromatic carbocycles. The Hall–Kier alpha value is -1.46. The molecule has 5 nitrogen and oxygen atoms in total. The number of hydrogen-bond acceptors (Lipinski definition) is 4. The summed E-state index contributed by atoms with van der Waals surface area (Å²) in [6.07, 6.45) is 2.62. The van der Waals surface area contributed by atoms with Gasteiger partial charge in [-0.15, -0.1) is 0 Å². The zero-order chi connectivity index (χ0) is 14.1. The van der Waals surface area contributed by atoms with E-state index >= 15 is 0 Å². The van der Waals surface area contributed by atoms with Crippen LogP contribution in [-0.4, -0.2) is 53.9 Å². The molecule has 0 spiro atoms. The van der Waals surface area contributed by atoms with Crippen molar-refractivity contribution in [3.8, 4) is 0 Å². The Balaban J connectivity index is 2.45. The molecule has 0 saturated carbocycles. The van der Waals surface area contributed by atoms with Gasteiger partial charge in [-0.3, -0.25) is 14.7 Å². The number of aromatic nitrogens is 1. The van der Waals surface area contributed by atoms with E-state index < -0.39 is 0 Å². The monoisotopic (exact) mass is 264 g/mol. The zero-order valence-corrected chi connectivity index (χ0v) is 11.9. The Labute approximate surface area is 115 Å². The maximum absolute atomic E-state index is 12.0. The number of carbonyl (C=O) groups excluding carboxylic acids is 1. The highest BCUT2D eigenvalue weighted by Crippen LogP contribution is 2.01. The number of amides is 1. The van der Waals surface area contributed by atoms with Crippen LogP contribution >= 0.6 is 0 Å².